The molecule has 1 unspecified atom stereocenters. The van der Waals surface area contributed by atoms with Crippen LogP contribution in [0.5, 0.6) is 5.75 Å². The number of carbonyl (C=O) groups is 1. The average Bonchev–Trinajstić information content (AvgIpc) is 3.24. The predicted octanol–water partition coefficient (Wildman–Crippen LogP) is 7.52. The van der Waals surface area contributed by atoms with Crippen LogP contribution in [-0.4, -0.2) is 41.0 Å². The van der Waals surface area contributed by atoms with Gasteiger partial charge >= 0.3 is 0 Å². The molecular formula is C32H34BrN3O2Si. The fourth-order valence-corrected chi connectivity index (χ4v) is 5.77. The van der Waals surface area contributed by atoms with Gasteiger partial charge in [0.1, 0.15) is 19.4 Å². The number of hydrogen-bond donors (Lipinski definition) is 1. The minimum atomic E-state index is -1.69. The molecule has 0 radical (unpaired) electrons. The molecule has 0 fully saturated rings. The van der Waals surface area contributed by atoms with Gasteiger partial charge in [0.15, 0.2) is 0 Å². The summed E-state index contributed by atoms with van der Waals surface area (Å²) in [6, 6.07) is 18.1. The number of aromatic nitrogens is 2. The molecule has 5 nitrogen and oxygen atoms in total. The summed E-state index contributed by atoms with van der Waals surface area (Å²) in [4.78, 5) is 23.8. The summed E-state index contributed by atoms with van der Waals surface area (Å²) in [6.07, 6.45) is 2.67. The van der Waals surface area contributed by atoms with Crippen molar-refractivity contribution in [2.75, 3.05) is 6.54 Å². The Labute approximate surface area is 240 Å². The molecule has 1 amide bonds. The molecule has 0 saturated heterocycles. The summed E-state index contributed by atoms with van der Waals surface area (Å²) < 4.78 is 7.00. The highest BCUT2D eigenvalue weighted by atomic mass is 79.9. The van der Waals surface area contributed by atoms with Gasteiger partial charge in [0.2, 0.25) is 0 Å². The molecular weight excluding hydrogens is 566 g/mol. The molecule has 7 heteroatoms. The molecule has 5 rings (SSSR count). The van der Waals surface area contributed by atoms with E-state index in [9.17, 15) is 4.79 Å². The number of pyridine rings is 1. The normalized spacial score (nSPS) is 15.5. The van der Waals surface area contributed by atoms with Gasteiger partial charge in [-0.15, -0.1) is 5.54 Å². The number of fused-ring (bicyclic) bond motifs is 3. The molecule has 39 heavy (non-hydrogen) atoms. The van der Waals surface area contributed by atoms with Crippen LogP contribution >= 0.6 is 15.9 Å². The van der Waals surface area contributed by atoms with Gasteiger partial charge in [-0.1, -0.05) is 41.6 Å². The van der Waals surface area contributed by atoms with Crippen molar-refractivity contribution in [2.45, 2.75) is 58.5 Å². The minimum Gasteiger partial charge on any atom is -0.488 e. The molecule has 0 aliphatic carbocycles. The molecule has 0 saturated carbocycles. The number of benzene rings is 2. The quantitative estimate of drug-likeness (QED) is 0.196. The van der Waals surface area contributed by atoms with Crippen molar-refractivity contribution in [3.8, 4) is 28.5 Å². The summed E-state index contributed by atoms with van der Waals surface area (Å²) in [6.45, 7) is 13.2. The second-order valence-corrected chi connectivity index (χ2v) is 17.7. The highest BCUT2D eigenvalue weighted by Crippen LogP contribution is 2.39. The Morgan fingerprint density at radius 3 is 2.49 bits per heavy atom. The summed E-state index contributed by atoms with van der Waals surface area (Å²) >= 11 is 3.62. The number of nitrogens with zero attached hydrogens (tertiary/aromatic N) is 2. The first-order valence-electron chi connectivity index (χ1n) is 13.3. The van der Waals surface area contributed by atoms with E-state index in [1.54, 1.807) is 0 Å². The lowest BCUT2D eigenvalue weighted by Gasteiger charge is -2.35. The van der Waals surface area contributed by atoms with Crippen LogP contribution in [0.3, 0.4) is 0 Å². The molecule has 0 spiro atoms. The maximum atomic E-state index is 13.4. The van der Waals surface area contributed by atoms with Crippen LogP contribution in [0.4, 0.5) is 0 Å². The van der Waals surface area contributed by atoms with Crippen molar-refractivity contribution in [2.24, 2.45) is 0 Å². The average molecular weight is 601 g/mol. The van der Waals surface area contributed by atoms with Crippen molar-refractivity contribution in [3.05, 3.63) is 82.1 Å². The molecule has 2 aromatic heterocycles. The van der Waals surface area contributed by atoms with Crippen molar-refractivity contribution >= 4 is 40.8 Å². The SMILES string of the molecule is CC(C)(C)Oc1ccc(-c2ccc(C3c4[nH]c5ccc(Br)cc5c4CCN3C(=O)C#C[Si](C)(C)C)cn2)cc1. The minimum absolute atomic E-state index is 0.133. The maximum Gasteiger partial charge on any atom is 0.298 e. The van der Waals surface area contributed by atoms with Crippen LogP contribution in [0.2, 0.25) is 19.6 Å². The number of halogens is 1. The first-order chi connectivity index (χ1) is 18.4. The van der Waals surface area contributed by atoms with Crippen LogP contribution in [0.1, 0.15) is 43.6 Å². The van der Waals surface area contributed by atoms with E-state index in [-0.39, 0.29) is 17.6 Å². The van der Waals surface area contributed by atoms with Crippen LogP contribution in [-0.2, 0) is 11.2 Å². The van der Waals surface area contributed by atoms with Crippen molar-refractivity contribution in [1.29, 1.82) is 0 Å². The van der Waals surface area contributed by atoms with Gasteiger partial charge in [-0.05, 0) is 92.8 Å². The molecule has 0 bridgehead atoms. The van der Waals surface area contributed by atoms with E-state index in [1.165, 1.54) is 10.9 Å². The van der Waals surface area contributed by atoms with Crippen molar-refractivity contribution < 1.29 is 9.53 Å². The fourth-order valence-electron chi connectivity index (χ4n) is 4.92. The van der Waals surface area contributed by atoms with Crippen molar-refractivity contribution in [1.82, 2.24) is 14.9 Å². The zero-order chi connectivity index (χ0) is 27.9. The Morgan fingerprint density at radius 1 is 1.10 bits per heavy atom. The van der Waals surface area contributed by atoms with E-state index < -0.39 is 8.07 Å². The molecule has 4 aromatic rings. The Kier molecular flexibility index (Phi) is 7.21. The number of ether oxygens (including phenoxy) is 1. The van der Waals surface area contributed by atoms with Crippen molar-refractivity contribution in [3.63, 3.8) is 0 Å². The fraction of sp³-hybridized carbons (Fsp3) is 0.312. The summed E-state index contributed by atoms with van der Waals surface area (Å²) in [5, 5.41) is 1.19. The third-order valence-electron chi connectivity index (χ3n) is 6.57. The molecule has 1 aliphatic heterocycles. The monoisotopic (exact) mass is 599 g/mol. The van der Waals surface area contributed by atoms with Gasteiger partial charge in [-0.25, -0.2) is 0 Å². The zero-order valence-electron chi connectivity index (χ0n) is 23.4. The number of hydrogen-bond acceptors (Lipinski definition) is 3. The first-order valence-corrected chi connectivity index (χ1v) is 17.6. The third-order valence-corrected chi connectivity index (χ3v) is 7.94. The zero-order valence-corrected chi connectivity index (χ0v) is 25.9. The number of rotatable bonds is 3. The molecule has 1 N–H and O–H groups in total. The highest BCUT2D eigenvalue weighted by molar-refractivity contribution is 9.10. The molecule has 1 aliphatic rings. The van der Waals surface area contributed by atoms with Gasteiger partial charge < -0.3 is 14.6 Å². The molecule has 2 aromatic carbocycles. The van der Waals surface area contributed by atoms with Gasteiger partial charge in [-0.3, -0.25) is 9.78 Å². The number of carbonyl (C=O) groups excluding carboxylic acids is 1. The molecule has 1 atom stereocenters. The third kappa shape index (κ3) is 6.13. The second-order valence-electron chi connectivity index (χ2n) is 12.1. The van der Waals surface area contributed by atoms with E-state index in [0.717, 1.165) is 44.7 Å². The Hall–Kier alpha value is -3.34. The smallest absolute Gasteiger partial charge is 0.298 e. The topological polar surface area (TPSA) is 58.2 Å². The molecule has 200 valence electrons. The maximum absolute atomic E-state index is 13.4. The number of amides is 1. The Morgan fingerprint density at radius 2 is 1.85 bits per heavy atom. The van der Waals surface area contributed by atoms with Gasteiger partial charge in [0.05, 0.1) is 11.7 Å². The van der Waals surface area contributed by atoms with Gasteiger partial charge in [0.25, 0.3) is 5.91 Å². The number of H-pyrrole nitrogens is 1. The van der Waals surface area contributed by atoms with Crippen LogP contribution in [0.25, 0.3) is 22.2 Å². The van der Waals surface area contributed by atoms with E-state index in [2.05, 4.69) is 70.2 Å². The standard InChI is InChI=1S/C32H34BrN3O2Si/c1-32(2,3)38-24-11-7-21(8-12-24)27-13-9-22(20-34-27)31-30-25(26-19-23(33)10-14-28(26)35-30)15-17-36(31)29(37)16-18-39(4,5)6/h7-14,19-20,31,35H,15,17H2,1-6H3. The summed E-state index contributed by atoms with van der Waals surface area (Å²) in [5.74, 6) is 3.67. The molecule has 3 heterocycles. The van der Waals surface area contributed by atoms with Gasteiger partial charge in [0, 0.05) is 39.4 Å². The second kappa shape index (κ2) is 10.3. The lowest BCUT2D eigenvalue weighted by Crippen LogP contribution is -2.40. The lowest BCUT2D eigenvalue weighted by atomic mass is 9.92. The van der Waals surface area contributed by atoms with E-state index in [4.69, 9.17) is 9.72 Å². The van der Waals surface area contributed by atoms with Crippen LogP contribution in [0, 0.1) is 11.5 Å². The van der Waals surface area contributed by atoms with E-state index in [1.807, 2.05) is 68.3 Å². The largest absolute Gasteiger partial charge is 0.488 e. The number of nitrogens with one attached hydrogen (secondary N) is 1. The lowest BCUT2D eigenvalue weighted by molar-refractivity contribution is -0.127. The van der Waals surface area contributed by atoms with Gasteiger partial charge in [-0.2, -0.15) is 0 Å². The summed E-state index contributed by atoms with van der Waals surface area (Å²) in [5.41, 5.74) is 9.20. The Bertz CT molecular complexity index is 1580. The predicted molar refractivity (Wildman–Crippen MR) is 164 cm³/mol. The van der Waals surface area contributed by atoms with E-state index in [0.29, 0.717) is 6.54 Å². The van der Waals surface area contributed by atoms with E-state index >= 15 is 0 Å². The first kappa shape index (κ1) is 27.2. The highest BCUT2D eigenvalue weighted by Gasteiger charge is 2.34. The van der Waals surface area contributed by atoms with Crippen LogP contribution < -0.4 is 4.74 Å². The Balaban J connectivity index is 1.52. The summed E-state index contributed by atoms with van der Waals surface area (Å²) in [7, 11) is -1.69. The number of aromatic amines is 1. The van der Waals surface area contributed by atoms with Crippen LogP contribution in [0.15, 0.2) is 65.3 Å².